The molecule has 0 heterocycles. The molecule has 0 aliphatic rings. The predicted molar refractivity (Wildman–Crippen MR) is 62.5 cm³/mol. The predicted octanol–water partition coefficient (Wildman–Crippen LogP) is 1.23. The number of aryl methyl sites for hydroxylation is 1. The van der Waals surface area contributed by atoms with Crippen molar-refractivity contribution >= 4 is 11.7 Å². The first kappa shape index (κ1) is 13.0. The first-order chi connectivity index (χ1) is 8.02. The van der Waals surface area contributed by atoms with E-state index in [0.717, 1.165) is 5.56 Å². The van der Waals surface area contributed by atoms with Crippen molar-refractivity contribution in [2.45, 2.75) is 13.0 Å². The summed E-state index contributed by atoms with van der Waals surface area (Å²) >= 11 is 0. The van der Waals surface area contributed by atoms with Crippen molar-refractivity contribution in [2.24, 2.45) is 0 Å². The fourth-order valence-corrected chi connectivity index (χ4v) is 1.32. The highest BCUT2D eigenvalue weighted by Gasteiger charge is 2.24. The molecule has 0 radical (unpaired) electrons. The van der Waals surface area contributed by atoms with E-state index in [9.17, 15) is 14.9 Å². The van der Waals surface area contributed by atoms with Gasteiger partial charge in [0.15, 0.2) is 6.04 Å². The number of anilines is 1. The lowest BCUT2D eigenvalue weighted by atomic mass is 10.2. The minimum absolute atomic E-state index is 0.513. The van der Waals surface area contributed by atoms with E-state index in [2.05, 4.69) is 10.1 Å². The number of carbonyl (C=O) groups excluding carboxylic acids is 1. The van der Waals surface area contributed by atoms with Crippen LogP contribution < -0.4 is 5.32 Å². The molecule has 6 heteroatoms. The Morgan fingerprint density at radius 2 is 2.06 bits per heavy atom. The topological polar surface area (TPSA) is 81.5 Å². The summed E-state index contributed by atoms with van der Waals surface area (Å²) in [4.78, 5) is 21.2. The van der Waals surface area contributed by atoms with Gasteiger partial charge < -0.3 is 10.1 Å². The fraction of sp³-hybridized carbons (Fsp3) is 0.364. The van der Waals surface area contributed by atoms with Crippen LogP contribution in [0.1, 0.15) is 5.56 Å². The summed E-state index contributed by atoms with van der Waals surface area (Å²) in [5.74, 6) is -0.651. The molecule has 0 saturated carbocycles. The molecule has 0 aliphatic carbocycles. The number of hydrogen-bond donors (Lipinski definition) is 1. The van der Waals surface area contributed by atoms with E-state index < -0.39 is 23.5 Å². The molecule has 0 amide bonds. The van der Waals surface area contributed by atoms with Crippen LogP contribution in [0.3, 0.4) is 0 Å². The van der Waals surface area contributed by atoms with Crippen LogP contribution in [0.15, 0.2) is 24.3 Å². The van der Waals surface area contributed by atoms with Crippen molar-refractivity contribution in [3.8, 4) is 0 Å². The summed E-state index contributed by atoms with van der Waals surface area (Å²) in [7, 11) is 1.20. The summed E-state index contributed by atoms with van der Waals surface area (Å²) < 4.78 is 4.50. The Morgan fingerprint density at radius 1 is 1.47 bits per heavy atom. The van der Waals surface area contributed by atoms with Gasteiger partial charge in [0.1, 0.15) is 0 Å². The molecule has 0 spiro atoms. The maximum Gasteiger partial charge on any atom is 0.335 e. The van der Waals surface area contributed by atoms with E-state index in [0.29, 0.717) is 5.69 Å². The summed E-state index contributed by atoms with van der Waals surface area (Å²) in [6.45, 7) is 1.42. The van der Waals surface area contributed by atoms with Crippen LogP contribution in [0.2, 0.25) is 0 Å². The normalized spacial score (nSPS) is 11.6. The van der Waals surface area contributed by atoms with Gasteiger partial charge in [-0.25, -0.2) is 4.79 Å². The molecule has 0 fully saturated rings. The lowest BCUT2D eigenvalue weighted by Gasteiger charge is -2.13. The molecule has 0 saturated heterocycles. The minimum atomic E-state index is -0.974. The van der Waals surface area contributed by atoms with Gasteiger partial charge in [-0.2, -0.15) is 0 Å². The van der Waals surface area contributed by atoms with Crippen molar-refractivity contribution in [1.82, 2.24) is 0 Å². The van der Waals surface area contributed by atoms with Crippen molar-refractivity contribution in [1.29, 1.82) is 0 Å². The number of nitrogens with one attached hydrogen (secondary N) is 1. The molecule has 92 valence electrons. The highest BCUT2D eigenvalue weighted by atomic mass is 16.6. The fourth-order valence-electron chi connectivity index (χ4n) is 1.32. The summed E-state index contributed by atoms with van der Waals surface area (Å²) in [5, 5.41) is 13.2. The monoisotopic (exact) mass is 238 g/mol. The minimum Gasteiger partial charge on any atom is -0.467 e. The number of rotatable bonds is 5. The Labute approximate surface area is 98.7 Å². The zero-order valence-electron chi connectivity index (χ0n) is 9.67. The van der Waals surface area contributed by atoms with Gasteiger partial charge in [-0.05, 0) is 19.1 Å². The third-order valence-corrected chi connectivity index (χ3v) is 2.21. The number of benzene rings is 1. The first-order valence-corrected chi connectivity index (χ1v) is 5.05. The zero-order valence-corrected chi connectivity index (χ0v) is 9.67. The van der Waals surface area contributed by atoms with E-state index in [4.69, 9.17) is 0 Å². The standard InChI is InChI=1S/C11H14N2O4/c1-8-3-5-9(6-4-8)12-10(7-13(15)16)11(14)17-2/h3-6,10,12H,7H2,1-2H3. The van der Waals surface area contributed by atoms with E-state index in [1.807, 2.05) is 19.1 Å². The number of nitrogens with zero attached hydrogens (tertiary/aromatic N) is 1. The third-order valence-electron chi connectivity index (χ3n) is 2.21. The number of hydrogen-bond acceptors (Lipinski definition) is 5. The SMILES string of the molecule is COC(=O)C(C[N+](=O)[O-])Nc1ccc(C)cc1. The molecule has 6 nitrogen and oxygen atoms in total. The van der Waals surface area contributed by atoms with Crippen LogP contribution >= 0.6 is 0 Å². The second-order valence-corrected chi connectivity index (χ2v) is 3.60. The first-order valence-electron chi connectivity index (χ1n) is 5.05. The van der Waals surface area contributed by atoms with Crippen LogP contribution in [0.25, 0.3) is 0 Å². The van der Waals surface area contributed by atoms with E-state index in [-0.39, 0.29) is 0 Å². The van der Waals surface area contributed by atoms with Gasteiger partial charge in [-0.3, -0.25) is 10.1 Å². The van der Waals surface area contributed by atoms with Crippen molar-refractivity contribution in [3.05, 3.63) is 39.9 Å². The third kappa shape index (κ3) is 4.10. The Balaban J connectivity index is 2.75. The van der Waals surface area contributed by atoms with E-state index in [1.54, 1.807) is 12.1 Å². The largest absolute Gasteiger partial charge is 0.467 e. The molecular formula is C11H14N2O4. The van der Waals surface area contributed by atoms with Gasteiger partial charge in [0.05, 0.1) is 7.11 Å². The number of methoxy groups -OCH3 is 1. The van der Waals surface area contributed by atoms with Crippen LogP contribution in [-0.4, -0.2) is 30.6 Å². The second-order valence-electron chi connectivity index (χ2n) is 3.60. The van der Waals surface area contributed by atoms with Crippen molar-refractivity contribution in [3.63, 3.8) is 0 Å². The van der Waals surface area contributed by atoms with Gasteiger partial charge in [0.2, 0.25) is 6.54 Å². The Kier molecular flexibility index (Phi) is 4.45. The highest BCUT2D eigenvalue weighted by Crippen LogP contribution is 2.10. The van der Waals surface area contributed by atoms with E-state index >= 15 is 0 Å². The van der Waals surface area contributed by atoms with Crippen molar-refractivity contribution in [2.75, 3.05) is 19.0 Å². The molecule has 1 unspecified atom stereocenters. The summed E-state index contributed by atoms with van der Waals surface area (Å²) in [6.07, 6.45) is 0. The van der Waals surface area contributed by atoms with Crippen LogP contribution in [0.5, 0.6) is 0 Å². The van der Waals surface area contributed by atoms with Crippen LogP contribution in [0, 0.1) is 17.0 Å². The summed E-state index contributed by atoms with van der Waals surface area (Å²) in [5.41, 5.74) is 1.72. The van der Waals surface area contributed by atoms with Gasteiger partial charge in [0.25, 0.3) is 0 Å². The lowest BCUT2D eigenvalue weighted by molar-refractivity contribution is -0.480. The van der Waals surface area contributed by atoms with Crippen molar-refractivity contribution < 1.29 is 14.5 Å². The lowest BCUT2D eigenvalue weighted by Crippen LogP contribution is -2.37. The number of nitro groups is 1. The molecule has 1 N–H and O–H groups in total. The molecule has 1 atom stereocenters. The Morgan fingerprint density at radius 3 is 2.53 bits per heavy atom. The number of esters is 1. The summed E-state index contributed by atoms with van der Waals surface area (Å²) in [6, 6.07) is 6.24. The molecule has 0 bridgehead atoms. The van der Waals surface area contributed by atoms with Crippen LogP contribution in [-0.2, 0) is 9.53 Å². The maximum absolute atomic E-state index is 11.3. The molecule has 1 rings (SSSR count). The smallest absolute Gasteiger partial charge is 0.335 e. The van der Waals surface area contributed by atoms with Gasteiger partial charge in [-0.1, -0.05) is 17.7 Å². The molecule has 0 aliphatic heterocycles. The second kappa shape index (κ2) is 5.83. The van der Waals surface area contributed by atoms with Gasteiger partial charge >= 0.3 is 5.97 Å². The number of carbonyl (C=O) groups is 1. The molecule has 0 aromatic heterocycles. The van der Waals surface area contributed by atoms with Crippen LogP contribution in [0.4, 0.5) is 5.69 Å². The average molecular weight is 238 g/mol. The van der Waals surface area contributed by atoms with E-state index in [1.165, 1.54) is 7.11 Å². The molecule has 1 aromatic carbocycles. The van der Waals surface area contributed by atoms with Gasteiger partial charge in [-0.15, -0.1) is 0 Å². The molecule has 17 heavy (non-hydrogen) atoms. The zero-order chi connectivity index (χ0) is 12.8. The highest BCUT2D eigenvalue weighted by molar-refractivity contribution is 5.79. The quantitative estimate of drug-likeness (QED) is 0.474. The average Bonchev–Trinajstić information content (AvgIpc) is 2.29. The Hall–Kier alpha value is -2.11. The maximum atomic E-state index is 11.3. The molecular weight excluding hydrogens is 224 g/mol. The number of ether oxygens (including phenoxy) is 1. The molecule has 1 aromatic rings. The van der Waals surface area contributed by atoms with Gasteiger partial charge in [0, 0.05) is 10.6 Å². The Bertz CT molecular complexity index is 402.